The molecule has 0 bridgehead atoms. The van der Waals surface area contributed by atoms with E-state index in [2.05, 4.69) is 5.92 Å². The maximum Gasteiger partial charge on any atom is 0.367 e. The van der Waals surface area contributed by atoms with Crippen LogP contribution in [0.4, 0.5) is 4.39 Å². The average Bonchev–Trinajstić information content (AvgIpc) is 3.31. The summed E-state index contributed by atoms with van der Waals surface area (Å²) < 4.78 is 30.9. The van der Waals surface area contributed by atoms with Crippen LogP contribution in [-0.2, 0) is 19.1 Å². The quantitative estimate of drug-likeness (QED) is 0.279. The molecule has 0 unspecified atom stereocenters. The van der Waals surface area contributed by atoms with E-state index >= 15 is 0 Å². The fourth-order valence-corrected chi connectivity index (χ4v) is 3.74. The van der Waals surface area contributed by atoms with Gasteiger partial charge in [0.1, 0.15) is 17.1 Å². The second kappa shape index (κ2) is 9.72. The van der Waals surface area contributed by atoms with Gasteiger partial charge in [-0.3, -0.25) is 4.79 Å². The summed E-state index contributed by atoms with van der Waals surface area (Å²) in [7, 11) is 0. The number of halogens is 1. The molecule has 34 heavy (non-hydrogen) atoms. The van der Waals surface area contributed by atoms with Gasteiger partial charge in [0, 0.05) is 5.56 Å². The highest BCUT2D eigenvalue weighted by atomic mass is 19.1. The van der Waals surface area contributed by atoms with E-state index in [1.54, 1.807) is 45.0 Å². The molecule has 0 N–H and O–H groups in total. The molecule has 0 aliphatic heterocycles. The standard InChI is InChI=1S/C28H29FO5/c1-7-23(18-12-11-15-20(16-18)32-19-13-9-8-10-14-19)33-26(31)24-21(28(24,5)6)17-22(29)25(30)34-27(2,3)4/h1,8-17,21,23-24H,2-6H3/t21-,23+,24-/m0/s1. The third-order valence-corrected chi connectivity index (χ3v) is 5.61. The molecule has 178 valence electrons. The Morgan fingerprint density at radius 1 is 1.09 bits per heavy atom. The predicted molar refractivity (Wildman–Crippen MR) is 126 cm³/mol. The lowest BCUT2D eigenvalue weighted by molar-refractivity contribution is -0.152. The number of terminal acetylenes is 1. The summed E-state index contributed by atoms with van der Waals surface area (Å²) in [5.74, 6) is -0.0924. The molecule has 3 rings (SSSR count). The van der Waals surface area contributed by atoms with Gasteiger partial charge in [-0.1, -0.05) is 50.1 Å². The van der Waals surface area contributed by atoms with Crippen molar-refractivity contribution in [2.75, 3.05) is 0 Å². The number of para-hydroxylation sites is 1. The number of hydrogen-bond acceptors (Lipinski definition) is 5. The molecule has 0 heterocycles. The van der Waals surface area contributed by atoms with E-state index in [9.17, 15) is 14.0 Å². The van der Waals surface area contributed by atoms with Crippen molar-refractivity contribution in [2.24, 2.45) is 17.3 Å². The lowest BCUT2D eigenvalue weighted by atomic mass is 10.1. The molecule has 0 radical (unpaired) electrons. The number of hydrogen-bond donors (Lipinski definition) is 0. The first kappa shape index (κ1) is 25.0. The monoisotopic (exact) mass is 464 g/mol. The van der Waals surface area contributed by atoms with Crippen LogP contribution in [0.5, 0.6) is 11.5 Å². The van der Waals surface area contributed by atoms with Crippen molar-refractivity contribution in [1.82, 2.24) is 0 Å². The Kier molecular flexibility index (Phi) is 7.16. The summed E-state index contributed by atoms with van der Waals surface area (Å²) in [4.78, 5) is 24.9. The third kappa shape index (κ3) is 6.05. The van der Waals surface area contributed by atoms with Crippen LogP contribution in [0, 0.1) is 29.6 Å². The summed E-state index contributed by atoms with van der Waals surface area (Å²) in [6.45, 7) is 8.57. The molecule has 2 aromatic carbocycles. The Balaban J connectivity index is 1.69. The first-order valence-corrected chi connectivity index (χ1v) is 11.0. The number of ether oxygens (including phenoxy) is 3. The van der Waals surface area contributed by atoms with E-state index in [1.807, 2.05) is 44.2 Å². The van der Waals surface area contributed by atoms with Gasteiger partial charge < -0.3 is 14.2 Å². The van der Waals surface area contributed by atoms with Crippen molar-refractivity contribution in [3.8, 4) is 23.8 Å². The Morgan fingerprint density at radius 3 is 2.35 bits per heavy atom. The molecule has 3 atom stereocenters. The lowest BCUT2D eigenvalue weighted by Crippen LogP contribution is -2.24. The largest absolute Gasteiger partial charge is 0.457 e. The van der Waals surface area contributed by atoms with Crippen LogP contribution in [0.15, 0.2) is 66.5 Å². The molecule has 6 heteroatoms. The molecule has 0 spiro atoms. The van der Waals surface area contributed by atoms with Crippen molar-refractivity contribution >= 4 is 11.9 Å². The highest BCUT2D eigenvalue weighted by molar-refractivity contribution is 5.87. The molecular weight excluding hydrogens is 435 g/mol. The van der Waals surface area contributed by atoms with Gasteiger partial charge in [-0.15, -0.1) is 6.42 Å². The summed E-state index contributed by atoms with van der Waals surface area (Å²) >= 11 is 0. The van der Waals surface area contributed by atoms with Crippen LogP contribution >= 0.6 is 0 Å². The van der Waals surface area contributed by atoms with E-state index in [0.717, 1.165) is 6.08 Å². The molecular formula is C28H29FO5. The smallest absolute Gasteiger partial charge is 0.367 e. The van der Waals surface area contributed by atoms with Gasteiger partial charge in [-0.05, 0) is 62.4 Å². The van der Waals surface area contributed by atoms with Gasteiger partial charge in [0.25, 0.3) is 0 Å². The minimum atomic E-state index is -1.06. The molecule has 0 aromatic heterocycles. The molecule has 1 aliphatic carbocycles. The molecule has 0 saturated heterocycles. The van der Waals surface area contributed by atoms with E-state index in [-0.39, 0.29) is 0 Å². The summed E-state index contributed by atoms with van der Waals surface area (Å²) in [6, 6.07) is 16.2. The molecule has 2 aromatic rings. The van der Waals surface area contributed by atoms with Crippen LogP contribution in [0.25, 0.3) is 0 Å². The summed E-state index contributed by atoms with van der Waals surface area (Å²) in [5.41, 5.74) is -0.832. The topological polar surface area (TPSA) is 61.8 Å². The zero-order valence-corrected chi connectivity index (χ0v) is 20.0. The summed E-state index contributed by atoms with van der Waals surface area (Å²) in [6.07, 6.45) is 5.85. The molecule has 5 nitrogen and oxygen atoms in total. The number of carbonyl (C=O) groups is 2. The van der Waals surface area contributed by atoms with Crippen LogP contribution in [0.1, 0.15) is 46.3 Å². The molecule has 1 fully saturated rings. The molecule has 1 saturated carbocycles. The highest BCUT2D eigenvalue weighted by Crippen LogP contribution is 2.60. The first-order valence-electron chi connectivity index (χ1n) is 11.0. The van der Waals surface area contributed by atoms with Crippen molar-refractivity contribution in [2.45, 2.75) is 46.3 Å². The Hall–Kier alpha value is -3.59. The Labute approximate surface area is 199 Å². The van der Waals surface area contributed by atoms with Gasteiger partial charge in [-0.25, -0.2) is 4.79 Å². The number of allylic oxidation sites excluding steroid dienone is 1. The van der Waals surface area contributed by atoms with Crippen molar-refractivity contribution in [3.05, 3.63) is 72.1 Å². The normalized spacial score (nSPS) is 20.0. The number of benzene rings is 2. The van der Waals surface area contributed by atoms with Gasteiger partial charge in [-0.2, -0.15) is 4.39 Å². The van der Waals surface area contributed by atoms with Gasteiger partial charge in [0.05, 0.1) is 5.92 Å². The third-order valence-electron chi connectivity index (χ3n) is 5.61. The number of carbonyl (C=O) groups excluding carboxylic acids is 2. The SMILES string of the molecule is C#C[C@@H](OC(=O)[C@@H]1[C@H](C=C(F)C(=O)OC(C)(C)C)C1(C)C)c1cccc(Oc2ccccc2)c1. The van der Waals surface area contributed by atoms with Crippen LogP contribution in [-0.4, -0.2) is 17.5 Å². The van der Waals surface area contributed by atoms with E-state index < -0.39 is 46.7 Å². The van der Waals surface area contributed by atoms with E-state index in [0.29, 0.717) is 17.1 Å². The fourth-order valence-electron chi connectivity index (χ4n) is 3.74. The van der Waals surface area contributed by atoms with Crippen LogP contribution in [0.2, 0.25) is 0 Å². The molecule has 1 aliphatic rings. The Bertz CT molecular complexity index is 1120. The van der Waals surface area contributed by atoms with Crippen molar-refractivity contribution < 1.29 is 28.2 Å². The highest BCUT2D eigenvalue weighted by Gasteiger charge is 2.62. The van der Waals surface area contributed by atoms with Gasteiger partial charge >= 0.3 is 11.9 Å². The van der Waals surface area contributed by atoms with Gasteiger partial charge in [0.15, 0.2) is 6.10 Å². The lowest BCUT2D eigenvalue weighted by Gasteiger charge is -2.18. The minimum Gasteiger partial charge on any atom is -0.457 e. The van der Waals surface area contributed by atoms with Gasteiger partial charge in [0.2, 0.25) is 5.83 Å². The average molecular weight is 465 g/mol. The maximum absolute atomic E-state index is 14.4. The zero-order valence-electron chi connectivity index (χ0n) is 20.0. The van der Waals surface area contributed by atoms with E-state index in [1.165, 1.54) is 0 Å². The second-order valence-electron chi connectivity index (χ2n) is 9.81. The van der Waals surface area contributed by atoms with Crippen molar-refractivity contribution in [3.63, 3.8) is 0 Å². The summed E-state index contributed by atoms with van der Waals surface area (Å²) in [5, 5.41) is 0. The van der Waals surface area contributed by atoms with Crippen molar-refractivity contribution in [1.29, 1.82) is 0 Å². The first-order chi connectivity index (χ1) is 15.9. The number of rotatable bonds is 7. The van der Waals surface area contributed by atoms with Crippen LogP contribution < -0.4 is 4.74 Å². The predicted octanol–water partition coefficient (Wildman–Crippen LogP) is 6.16. The zero-order chi connectivity index (χ0) is 25.1. The second-order valence-corrected chi connectivity index (χ2v) is 9.81. The van der Waals surface area contributed by atoms with Crippen LogP contribution in [0.3, 0.4) is 0 Å². The van der Waals surface area contributed by atoms with E-state index in [4.69, 9.17) is 20.6 Å². The number of esters is 2. The fraction of sp³-hybridized carbons (Fsp3) is 0.357. The molecule has 0 amide bonds. The maximum atomic E-state index is 14.4. The minimum absolute atomic E-state index is 0.515. The Morgan fingerprint density at radius 2 is 1.74 bits per heavy atom.